The minimum absolute atomic E-state index is 0.195. The molecule has 5 nitrogen and oxygen atoms in total. The minimum Gasteiger partial charge on any atom is -0.465 e. The number of carbonyl (C=O) groups is 1. The van der Waals surface area contributed by atoms with Crippen molar-refractivity contribution in [2.45, 2.75) is 38.3 Å². The molecule has 1 aliphatic rings. The first-order chi connectivity index (χ1) is 8.12. The van der Waals surface area contributed by atoms with Crippen LogP contribution in [0.3, 0.4) is 0 Å². The van der Waals surface area contributed by atoms with Gasteiger partial charge >= 0.3 is 5.97 Å². The van der Waals surface area contributed by atoms with Gasteiger partial charge in [-0.3, -0.25) is 5.32 Å². The molecular formula is C12H23NO4. The van der Waals surface area contributed by atoms with Gasteiger partial charge in [0.1, 0.15) is 5.54 Å². The summed E-state index contributed by atoms with van der Waals surface area (Å²) < 4.78 is 15.6. The zero-order chi connectivity index (χ0) is 12.7. The zero-order valence-corrected chi connectivity index (χ0v) is 11.0. The maximum atomic E-state index is 11.9. The second kappa shape index (κ2) is 6.93. The van der Waals surface area contributed by atoms with Gasteiger partial charge < -0.3 is 14.2 Å². The fourth-order valence-electron chi connectivity index (χ4n) is 1.91. The molecule has 1 saturated heterocycles. The first kappa shape index (κ1) is 14.4. The summed E-state index contributed by atoms with van der Waals surface area (Å²) in [5.74, 6) is -0.278. The van der Waals surface area contributed by atoms with E-state index >= 15 is 0 Å². The Labute approximate surface area is 103 Å². The molecule has 0 aromatic heterocycles. The second-order valence-electron chi connectivity index (χ2n) is 4.50. The smallest absolute Gasteiger partial charge is 0.328 e. The summed E-state index contributed by atoms with van der Waals surface area (Å²) >= 11 is 0. The van der Waals surface area contributed by atoms with Crippen LogP contribution in [0.1, 0.15) is 26.7 Å². The number of rotatable bonds is 7. The Hall–Kier alpha value is -0.650. The number of carbonyl (C=O) groups excluding carboxylic acids is 1. The molecule has 17 heavy (non-hydrogen) atoms. The van der Waals surface area contributed by atoms with Crippen LogP contribution in [-0.4, -0.2) is 51.1 Å². The summed E-state index contributed by atoms with van der Waals surface area (Å²) in [5.41, 5.74) is -0.795. The Morgan fingerprint density at radius 1 is 1.59 bits per heavy atom. The van der Waals surface area contributed by atoms with E-state index in [9.17, 15) is 4.79 Å². The number of hydrogen-bond donors (Lipinski definition) is 1. The lowest BCUT2D eigenvalue weighted by molar-refractivity contribution is -0.153. The van der Waals surface area contributed by atoms with Gasteiger partial charge in [-0.1, -0.05) is 0 Å². The van der Waals surface area contributed by atoms with E-state index in [0.717, 1.165) is 19.4 Å². The normalized spacial score (nSPS) is 23.4. The Kier molecular flexibility index (Phi) is 5.88. The molecule has 0 aliphatic carbocycles. The highest BCUT2D eigenvalue weighted by Crippen LogP contribution is 2.13. The van der Waals surface area contributed by atoms with E-state index in [-0.39, 0.29) is 12.1 Å². The van der Waals surface area contributed by atoms with Gasteiger partial charge in [-0.05, 0) is 26.7 Å². The lowest BCUT2D eigenvalue weighted by atomic mass is 10.0. The van der Waals surface area contributed by atoms with Gasteiger partial charge in [0, 0.05) is 20.3 Å². The molecule has 1 aliphatic heterocycles. The Balaban J connectivity index is 2.47. The topological polar surface area (TPSA) is 56.8 Å². The van der Waals surface area contributed by atoms with Crippen LogP contribution in [0.4, 0.5) is 0 Å². The summed E-state index contributed by atoms with van der Waals surface area (Å²) in [6.07, 6.45) is 2.33. The van der Waals surface area contributed by atoms with E-state index in [0.29, 0.717) is 19.8 Å². The van der Waals surface area contributed by atoms with Crippen molar-refractivity contribution < 1.29 is 19.0 Å². The highest BCUT2D eigenvalue weighted by atomic mass is 16.5. The van der Waals surface area contributed by atoms with Crippen LogP contribution in [0.15, 0.2) is 0 Å². The van der Waals surface area contributed by atoms with E-state index in [2.05, 4.69) is 5.32 Å². The van der Waals surface area contributed by atoms with E-state index < -0.39 is 5.54 Å². The van der Waals surface area contributed by atoms with Crippen molar-refractivity contribution in [1.82, 2.24) is 5.32 Å². The number of methoxy groups -OCH3 is 1. The van der Waals surface area contributed by atoms with Gasteiger partial charge in [0.15, 0.2) is 0 Å². The number of nitrogens with one attached hydrogen (secondary N) is 1. The van der Waals surface area contributed by atoms with Gasteiger partial charge in [-0.15, -0.1) is 0 Å². The molecule has 0 spiro atoms. The monoisotopic (exact) mass is 245 g/mol. The molecule has 5 heteroatoms. The standard InChI is InChI=1S/C12H23NO4/c1-4-16-11(14)12(2,9-15-3)13-8-10-6-5-7-17-10/h10,13H,4-9H2,1-3H3. The van der Waals surface area contributed by atoms with E-state index in [1.54, 1.807) is 21.0 Å². The molecule has 0 aromatic rings. The quantitative estimate of drug-likeness (QED) is 0.670. The van der Waals surface area contributed by atoms with Crippen LogP contribution in [0.2, 0.25) is 0 Å². The number of ether oxygens (including phenoxy) is 3. The molecule has 0 radical (unpaired) electrons. The van der Waals surface area contributed by atoms with Gasteiger partial charge in [-0.2, -0.15) is 0 Å². The number of hydrogen-bond acceptors (Lipinski definition) is 5. The SMILES string of the molecule is CCOC(=O)C(C)(COC)NCC1CCCO1. The fourth-order valence-corrected chi connectivity index (χ4v) is 1.91. The Morgan fingerprint density at radius 2 is 2.35 bits per heavy atom. The minimum atomic E-state index is -0.795. The van der Waals surface area contributed by atoms with E-state index in [1.165, 1.54) is 0 Å². The lowest BCUT2D eigenvalue weighted by Gasteiger charge is -2.28. The van der Waals surface area contributed by atoms with Gasteiger partial charge in [0.2, 0.25) is 0 Å². The van der Waals surface area contributed by atoms with Gasteiger partial charge in [0.25, 0.3) is 0 Å². The molecule has 2 atom stereocenters. The third-order valence-electron chi connectivity index (χ3n) is 2.90. The van der Waals surface area contributed by atoms with Crippen molar-refractivity contribution in [3.63, 3.8) is 0 Å². The molecule has 1 rings (SSSR count). The second-order valence-corrected chi connectivity index (χ2v) is 4.50. The first-order valence-electron chi connectivity index (χ1n) is 6.15. The van der Waals surface area contributed by atoms with E-state index in [1.807, 2.05) is 0 Å². The van der Waals surface area contributed by atoms with Crippen LogP contribution in [0, 0.1) is 0 Å². The molecule has 0 bridgehead atoms. The number of esters is 1. The largest absolute Gasteiger partial charge is 0.465 e. The maximum Gasteiger partial charge on any atom is 0.328 e. The zero-order valence-electron chi connectivity index (χ0n) is 11.0. The van der Waals surface area contributed by atoms with E-state index in [4.69, 9.17) is 14.2 Å². The van der Waals surface area contributed by atoms with Crippen molar-refractivity contribution in [1.29, 1.82) is 0 Å². The van der Waals surface area contributed by atoms with Crippen molar-refractivity contribution >= 4 is 5.97 Å². The molecule has 0 aromatic carbocycles. The Morgan fingerprint density at radius 3 is 2.88 bits per heavy atom. The predicted octanol–water partition coefficient (Wildman–Crippen LogP) is 0.723. The van der Waals surface area contributed by atoms with Crippen LogP contribution in [-0.2, 0) is 19.0 Å². The van der Waals surface area contributed by atoms with Crippen LogP contribution >= 0.6 is 0 Å². The van der Waals surface area contributed by atoms with Gasteiger partial charge in [0.05, 0.1) is 19.3 Å². The third kappa shape index (κ3) is 4.26. The molecule has 0 amide bonds. The molecule has 100 valence electrons. The molecule has 2 unspecified atom stereocenters. The summed E-state index contributed by atoms with van der Waals surface area (Å²) in [6.45, 7) is 5.72. The van der Waals surface area contributed by atoms with Crippen molar-refractivity contribution in [3.8, 4) is 0 Å². The van der Waals surface area contributed by atoms with Crippen molar-refractivity contribution in [3.05, 3.63) is 0 Å². The Bertz CT molecular complexity index is 241. The van der Waals surface area contributed by atoms with Crippen LogP contribution < -0.4 is 5.32 Å². The average Bonchev–Trinajstić information content (AvgIpc) is 2.80. The van der Waals surface area contributed by atoms with Gasteiger partial charge in [-0.25, -0.2) is 4.79 Å². The lowest BCUT2D eigenvalue weighted by Crippen LogP contribution is -2.55. The predicted molar refractivity (Wildman–Crippen MR) is 63.9 cm³/mol. The summed E-state index contributed by atoms with van der Waals surface area (Å²) in [6, 6.07) is 0. The maximum absolute atomic E-state index is 11.9. The molecule has 1 fully saturated rings. The first-order valence-corrected chi connectivity index (χ1v) is 6.15. The molecule has 0 saturated carbocycles. The third-order valence-corrected chi connectivity index (χ3v) is 2.90. The molecule has 1 N–H and O–H groups in total. The van der Waals surface area contributed by atoms with Crippen molar-refractivity contribution in [2.75, 3.05) is 33.5 Å². The summed E-state index contributed by atoms with van der Waals surface area (Å²) in [5, 5.41) is 3.20. The fraction of sp³-hybridized carbons (Fsp3) is 0.917. The summed E-state index contributed by atoms with van der Waals surface area (Å²) in [4.78, 5) is 11.9. The summed E-state index contributed by atoms with van der Waals surface area (Å²) in [7, 11) is 1.57. The molecular weight excluding hydrogens is 222 g/mol. The highest BCUT2D eigenvalue weighted by Gasteiger charge is 2.35. The van der Waals surface area contributed by atoms with Crippen LogP contribution in [0.25, 0.3) is 0 Å². The average molecular weight is 245 g/mol. The molecule has 1 heterocycles. The van der Waals surface area contributed by atoms with Crippen molar-refractivity contribution in [2.24, 2.45) is 0 Å². The van der Waals surface area contributed by atoms with Crippen LogP contribution in [0.5, 0.6) is 0 Å². The highest BCUT2D eigenvalue weighted by molar-refractivity contribution is 5.80.